The van der Waals surface area contributed by atoms with E-state index in [9.17, 15) is 5.11 Å². The normalized spacial score (nSPS) is 10.4. The largest absolute Gasteiger partial charge is 0.392 e. The standard InChI is InChI=1S/C11H16BrNOS/c1-13(5-6-15-2)11-4-3-10(12)7-9(11)8-14/h3-4,7,14H,5-6,8H2,1-2H3. The van der Waals surface area contributed by atoms with E-state index in [1.165, 1.54) is 0 Å². The molecule has 0 amide bonds. The molecule has 0 aromatic heterocycles. The van der Waals surface area contributed by atoms with Gasteiger partial charge in [0.2, 0.25) is 0 Å². The molecule has 0 bridgehead atoms. The van der Waals surface area contributed by atoms with Crippen molar-refractivity contribution in [1.29, 1.82) is 0 Å². The van der Waals surface area contributed by atoms with Gasteiger partial charge in [0.25, 0.3) is 0 Å². The van der Waals surface area contributed by atoms with Gasteiger partial charge in [-0.15, -0.1) is 0 Å². The SMILES string of the molecule is CSCCN(C)c1ccc(Br)cc1CO. The monoisotopic (exact) mass is 289 g/mol. The van der Waals surface area contributed by atoms with Gasteiger partial charge in [-0.3, -0.25) is 0 Å². The molecule has 4 heteroatoms. The smallest absolute Gasteiger partial charge is 0.0702 e. The Labute approximate surface area is 104 Å². The lowest BCUT2D eigenvalue weighted by atomic mass is 10.2. The van der Waals surface area contributed by atoms with Gasteiger partial charge in [0.05, 0.1) is 6.61 Å². The fourth-order valence-corrected chi connectivity index (χ4v) is 2.27. The van der Waals surface area contributed by atoms with Crippen molar-refractivity contribution in [3.8, 4) is 0 Å². The minimum atomic E-state index is 0.0817. The third-order valence-electron chi connectivity index (χ3n) is 2.25. The predicted octanol–water partition coefficient (Wildman–Crippen LogP) is 2.74. The Morgan fingerprint density at radius 3 is 2.80 bits per heavy atom. The highest BCUT2D eigenvalue weighted by molar-refractivity contribution is 9.10. The molecule has 0 heterocycles. The number of aliphatic hydroxyl groups is 1. The zero-order valence-corrected chi connectivity index (χ0v) is 11.4. The quantitative estimate of drug-likeness (QED) is 0.902. The molecule has 1 aromatic carbocycles. The maximum absolute atomic E-state index is 9.26. The first-order valence-corrected chi connectivity index (χ1v) is 6.97. The van der Waals surface area contributed by atoms with E-state index < -0.39 is 0 Å². The van der Waals surface area contributed by atoms with Gasteiger partial charge in [0.1, 0.15) is 0 Å². The highest BCUT2D eigenvalue weighted by Gasteiger charge is 2.06. The fourth-order valence-electron chi connectivity index (χ4n) is 1.40. The Bertz CT molecular complexity index is 319. The van der Waals surface area contributed by atoms with Crippen LogP contribution in [0.25, 0.3) is 0 Å². The summed E-state index contributed by atoms with van der Waals surface area (Å²) in [4.78, 5) is 2.18. The van der Waals surface area contributed by atoms with Crippen molar-refractivity contribution in [1.82, 2.24) is 0 Å². The lowest BCUT2D eigenvalue weighted by Gasteiger charge is -2.21. The number of nitrogens with zero attached hydrogens (tertiary/aromatic N) is 1. The van der Waals surface area contributed by atoms with Gasteiger partial charge < -0.3 is 10.0 Å². The topological polar surface area (TPSA) is 23.5 Å². The van der Waals surface area contributed by atoms with Crippen LogP contribution in [0.4, 0.5) is 5.69 Å². The van der Waals surface area contributed by atoms with Gasteiger partial charge in [-0.05, 0) is 24.5 Å². The van der Waals surface area contributed by atoms with Gasteiger partial charge in [-0.1, -0.05) is 15.9 Å². The average molecular weight is 290 g/mol. The van der Waals surface area contributed by atoms with E-state index in [2.05, 4.69) is 34.1 Å². The number of hydrogen-bond acceptors (Lipinski definition) is 3. The van der Waals surface area contributed by atoms with Crippen LogP contribution in [-0.4, -0.2) is 30.7 Å². The van der Waals surface area contributed by atoms with Crippen LogP contribution in [0.5, 0.6) is 0 Å². The summed E-state index contributed by atoms with van der Waals surface area (Å²) in [7, 11) is 2.05. The van der Waals surface area contributed by atoms with E-state index >= 15 is 0 Å². The Morgan fingerprint density at radius 2 is 2.20 bits per heavy atom. The van der Waals surface area contributed by atoms with E-state index in [4.69, 9.17) is 0 Å². The van der Waals surface area contributed by atoms with Crippen molar-refractivity contribution in [2.75, 3.05) is 30.5 Å². The van der Waals surface area contributed by atoms with Crippen LogP contribution >= 0.6 is 27.7 Å². The van der Waals surface area contributed by atoms with Crippen LogP contribution in [0.15, 0.2) is 22.7 Å². The van der Waals surface area contributed by atoms with Crippen LogP contribution in [0.2, 0.25) is 0 Å². The molecule has 1 N–H and O–H groups in total. The van der Waals surface area contributed by atoms with Gasteiger partial charge >= 0.3 is 0 Å². The molecule has 1 rings (SSSR count). The summed E-state index contributed by atoms with van der Waals surface area (Å²) >= 11 is 5.23. The molecule has 0 aliphatic carbocycles. The average Bonchev–Trinajstić information content (AvgIpc) is 2.25. The van der Waals surface area contributed by atoms with Crippen molar-refractivity contribution in [2.24, 2.45) is 0 Å². The van der Waals surface area contributed by atoms with Crippen LogP contribution in [0.1, 0.15) is 5.56 Å². The van der Waals surface area contributed by atoms with Gasteiger partial charge in [0, 0.05) is 35.1 Å². The molecule has 0 saturated heterocycles. The molecule has 0 unspecified atom stereocenters. The minimum Gasteiger partial charge on any atom is -0.392 e. The van der Waals surface area contributed by atoms with E-state index in [0.717, 1.165) is 28.0 Å². The summed E-state index contributed by atoms with van der Waals surface area (Å²) in [6.45, 7) is 1.08. The second-order valence-electron chi connectivity index (χ2n) is 3.35. The second-order valence-corrected chi connectivity index (χ2v) is 5.25. The van der Waals surface area contributed by atoms with Crippen molar-refractivity contribution in [3.05, 3.63) is 28.2 Å². The highest BCUT2D eigenvalue weighted by Crippen LogP contribution is 2.23. The Kier molecular flexibility index (Phi) is 5.50. The number of anilines is 1. The third-order valence-corrected chi connectivity index (χ3v) is 3.34. The maximum Gasteiger partial charge on any atom is 0.0702 e. The van der Waals surface area contributed by atoms with Gasteiger partial charge in [0.15, 0.2) is 0 Å². The first kappa shape index (κ1) is 12.9. The van der Waals surface area contributed by atoms with Crippen LogP contribution in [0.3, 0.4) is 0 Å². The Morgan fingerprint density at radius 1 is 1.47 bits per heavy atom. The number of thioether (sulfide) groups is 1. The predicted molar refractivity (Wildman–Crippen MR) is 71.7 cm³/mol. The lowest BCUT2D eigenvalue weighted by molar-refractivity contribution is 0.282. The molecule has 0 atom stereocenters. The van der Waals surface area contributed by atoms with Crippen molar-refractivity contribution < 1.29 is 5.11 Å². The zero-order valence-electron chi connectivity index (χ0n) is 9.03. The first-order chi connectivity index (χ1) is 7.19. The molecular weight excluding hydrogens is 274 g/mol. The van der Waals surface area contributed by atoms with E-state index in [1.807, 2.05) is 30.0 Å². The summed E-state index contributed by atoms with van der Waals surface area (Å²) in [6.07, 6.45) is 2.10. The summed E-state index contributed by atoms with van der Waals surface area (Å²) in [5.41, 5.74) is 2.07. The first-order valence-electron chi connectivity index (χ1n) is 4.78. The summed E-state index contributed by atoms with van der Waals surface area (Å²) < 4.78 is 1.01. The van der Waals surface area contributed by atoms with Crippen molar-refractivity contribution >= 4 is 33.4 Å². The molecule has 84 valence electrons. The molecule has 0 fully saturated rings. The maximum atomic E-state index is 9.26. The molecule has 0 spiro atoms. The molecule has 15 heavy (non-hydrogen) atoms. The molecule has 0 radical (unpaired) electrons. The molecule has 1 aromatic rings. The highest BCUT2D eigenvalue weighted by atomic mass is 79.9. The molecular formula is C11H16BrNOS. The van der Waals surface area contributed by atoms with Crippen LogP contribution < -0.4 is 4.90 Å². The minimum absolute atomic E-state index is 0.0817. The van der Waals surface area contributed by atoms with Crippen LogP contribution in [-0.2, 0) is 6.61 Å². The van der Waals surface area contributed by atoms with Crippen molar-refractivity contribution in [2.45, 2.75) is 6.61 Å². The van der Waals surface area contributed by atoms with Gasteiger partial charge in [-0.2, -0.15) is 11.8 Å². The molecule has 0 aliphatic rings. The van der Waals surface area contributed by atoms with Crippen molar-refractivity contribution in [3.63, 3.8) is 0 Å². The number of benzene rings is 1. The number of rotatable bonds is 5. The number of hydrogen-bond donors (Lipinski definition) is 1. The fraction of sp³-hybridized carbons (Fsp3) is 0.455. The zero-order chi connectivity index (χ0) is 11.3. The summed E-state index contributed by atoms with van der Waals surface area (Å²) in [5, 5.41) is 9.26. The van der Waals surface area contributed by atoms with Gasteiger partial charge in [-0.25, -0.2) is 0 Å². The second kappa shape index (κ2) is 6.40. The lowest BCUT2D eigenvalue weighted by Crippen LogP contribution is -2.21. The molecule has 2 nitrogen and oxygen atoms in total. The van der Waals surface area contributed by atoms with E-state index in [-0.39, 0.29) is 6.61 Å². The van der Waals surface area contributed by atoms with E-state index in [1.54, 1.807) is 0 Å². The van der Waals surface area contributed by atoms with Crippen LogP contribution in [0, 0.1) is 0 Å². The molecule has 0 saturated carbocycles. The Hall–Kier alpha value is -0.190. The third kappa shape index (κ3) is 3.70. The number of aliphatic hydroxyl groups excluding tert-OH is 1. The van der Waals surface area contributed by atoms with E-state index in [0.29, 0.717) is 0 Å². The molecule has 0 aliphatic heterocycles. The summed E-state index contributed by atoms with van der Waals surface area (Å²) in [5.74, 6) is 1.09. The Balaban J connectivity index is 2.82. The summed E-state index contributed by atoms with van der Waals surface area (Å²) in [6, 6.07) is 6.00. The number of halogens is 1.